The van der Waals surface area contributed by atoms with Gasteiger partial charge in [-0.3, -0.25) is 4.79 Å². The Hall–Kier alpha value is -1.13. The highest BCUT2D eigenvalue weighted by molar-refractivity contribution is 6.31. The fraction of sp³-hybridized carbons (Fsp3) is 0.533. The molecule has 0 amide bonds. The summed E-state index contributed by atoms with van der Waals surface area (Å²) >= 11 is 5.95. The zero-order valence-electron chi connectivity index (χ0n) is 11.4. The van der Waals surface area contributed by atoms with Crippen LogP contribution in [-0.4, -0.2) is 19.2 Å². The number of halogens is 2. The predicted octanol–water partition coefficient (Wildman–Crippen LogP) is 3.73. The normalized spacial score (nSPS) is 22.6. The van der Waals surface area contributed by atoms with Crippen LogP contribution in [0.2, 0.25) is 5.02 Å². The topological polar surface area (TPSA) is 35.5 Å². The monoisotopic (exact) mass is 300 g/mol. The summed E-state index contributed by atoms with van der Waals surface area (Å²) in [5.74, 6) is -0.489. The number of ether oxygens (including phenoxy) is 2. The van der Waals surface area contributed by atoms with E-state index in [0.717, 1.165) is 31.2 Å². The molecule has 0 radical (unpaired) electrons. The van der Waals surface area contributed by atoms with Gasteiger partial charge < -0.3 is 9.47 Å². The summed E-state index contributed by atoms with van der Waals surface area (Å²) in [5.41, 5.74) is 0.781. The number of carbonyl (C=O) groups is 1. The van der Waals surface area contributed by atoms with Gasteiger partial charge in [-0.25, -0.2) is 4.39 Å². The van der Waals surface area contributed by atoms with Crippen LogP contribution in [0.3, 0.4) is 0 Å². The van der Waals surface area contributed by atoms with Gasteiger partial charge in [0.2, 0.25) is 0 Å². The molecular formula is C15H18ClFO3. The van der Waals surface area contributed by atoms with Gasteiger partial charge in [0.15, 0.2) is 0 Å². The van der Waals surface area contributed by atoms with Crippen molar-refractivity contribution in [2.75, 3.05) is 7.11 Å². The van der Waals surface area contributed by atoms with Crippen molar-refractivity contribution >= 4 is 17.6 Å². The van der Waals surface area contributed by atoms with Gasteiger partial charge in [-0.15, -0.1) is 0 Å². The van der Waals surface area contributed by atoms with E-state index in [2.05, 4.69) is 0 Å². The molecule has 0 bridgehead atoms. The Bertz CT molecular complexity index is 470. The first-order chi connectivity index (χ1) is 9.60. The number of benzene rings is 1. The van der Waals surface area contributed by atoms with Gasteiger partial charge in [-0.1, -0.05) is 17.7 Å². The Morgan fingerprint density at radius 1 is 1.35 bits per heavy atom. The van der Waals surface area contributed by atoms with E-state index >= 15 is 0 Å². The van der Waals surface area contributed by atoms with E-state index in [1.165, 1.54) is 19.2 Å². The molecule has 1 aliphatic rings. The summed E-state index contributed by atoms with van der Waals surface area (Å²) in [4.78, 5) is 11.4. The molecule has 0 atom stereocenters. The predicted molar refractivity (Wildman–Crippen MR) is 74.0 cm³/mol. The van der Waals surface area contributed by atoms with Gasteiger partial charge >= 0.3 is 5.97 Å². The standard InChI is InChI=1S/C15H18ClFO3/c1-19-15(18)10-3-6-13(7-4-10)20-9-11-2-5-12(17)8-14(11)16/h2,5,8,10,13H,3-4,6-7,9H2,1H3. The second-order valence-corrected chi connectivity index (χ2v) is 5.45. The van der Waals surface area contributed by atoms with Crippen molar-refractivity contribution in [2.45, 2.75) is 38.4 Å². The van der Waals surface area contributed by atoms with E-state index in [9.17, 15) is 9.18 Å². The van der Waals surface area contributed by atoms with Crippen molar-refractivity contribution in [3.63, 3.8) is 0 Å². The maximum Gasteiger partial charge on any atom is 0.308 e. The van der Waals surface area contributed by atoms with Gasteiger partial charge in [0.05, 0.1) is 25.7 Å². The van der Waals surface area contributed by atoms with Gasteiger partial charge in [0.25, 0.3) is 0 Å². The van der Waals surface area contributed by atoms with E-state index in [1.807, 2.05) is 0 Å². The quantitative estimate of drug-likeness (QED) is 0.795. The molecule has 110 valence electrons. The third-order valence-corrected chi connectivity index (χ3v) is 4.05. The Morgan fingerprint density at radius 3 is 2.65 bits per heavy atom. The van der Waals surface area contributed by atoms with Crippen LogP contribution >= 0.6 is 11.6 Å². The SMILES string of the molecule is COC(=O)C1CCC(OCc2ccc(F)cc2Cl)CC1. The Labute approximate surface area is 123 Å². The van der Waals surface area contributed by atoms with Crippen LogP contribution in [0.1, 0.15) is 31.2 Å². The van der Waals surface area contributed by atoms with E-state index in [0.29, 0.717) is 11.6 Å². The lowest BCUT2D eigenvalue weighted by Crippen LogP contribution is -2.26. The average molecular weight is 301 g/mol. The minimum Gasteiger partial charge on any atom is -0.469 e. The minimum atomic E-state index is -0.350. The zero-order valence-corrected chi connectivity index (χ0v) is 12.2. The lowest BCUT2D eigenvalue weighted by atomic mass is 9.87. The molecule has 3 nitrogen and oxygen atoms in total. The van der Waals surface area contributed by atoms with E-state index in [4.69, 9.17) is 21.1 Å². The van der Waals surface area contributed by atoms with Crippen LogP contribution in [0.4, 0.5) is 4.39 Å². The lowest BCUT2D eigenvalue weighted by Gasteiger charge is -2.27. The molecule has 1 aromatic rings. The summed E-state index contributed by atoms with van der Waals surface area (Å²) in [6.07, 6.45) is 3.36. The lowest BCUT2D eigenvalue weighted by molar-refractivity contribution is -0.147. The molecule has 0 spiro atoms. The zero-order chi connectivity index (χ0) is 14.5. The molecule has 1 saturated carbocycles. The average Bonchev–Trinajstić information content (AvgIpc) is 2.46. The number of esters is 1. The van der Waals surface area contributed by atoms with Crippen LogP contribution in [0.15, 0.2) is 18.2 Å². The first kappa shape index (κ1) is 15.3. The first-order valence-corrected chi connectivity index (χ1v) is 7.11. The smallest absolute Gasteiger partial charge is 0.308 e. The molecule has 2 rings (SSSR count). The van der Waals surface area contributed by atoms with Gasteiger partial charge in [-0.05, 0) is 43.4 Å². The van der Waals surface area contributed by atoms with Crippen molar-refractivity contribution in [3.05, 3.63) is 34.6 Å². The molecule has 0 aliphatic heterocycles. The molecule has 20 heavy (non-hydrogen) atoms. The fourth-order valence-corrected chi connectivity index (χ4v) is 2.70. The molecule has 1 aromatic carbocycles. The Morgan fingerprint density at radius 2 is 2.05 bits per heavy atom. The van der Waals surface area contributed by atoms with Crippen molar-refractivity contribution in [1.82, 2.24) is 0 Å². The van der Waals surface area contributed by atoms with Crippen LogP contribution < -0.4 is 0 Å². The number of hydrogen-bond donors (Lipinski definition) is 0. The third-order valence-electron chi connectivity index (χ3n) is 3.70. The molecule has 0 unspecified atom stereocenters. The number of hydrogen-bond acceptors (Lipinski definition) is 3. The molecule has 0 N–H and O–H groups in total. The fourth-order valence-electron chi connectivity index (χ4n) is 2.48. The molecular weight excluding hydrogens is 283 g/mol. The number of rotatable bonds is 4. The van der Waals surface area contributed by atoms with Crippen molar-refractivity contribution in [1.29, 1.82) is 0 Å². The highest BCUT2D eigenvalue weighted by Gasteiger charge is 2.27. The number of methoxy groups -OCH3 is 1. The highest BCUT2D eigenvalue weighted by Crippen LogP contribution is 2.28. The molecule has 1 aliphatic carbocycles. The summed E-state index contributed by atoms with van der Waals surface area (Å²) in [5, 5.41) is 0.383. The van der Waals surface area contributed by atoms with Crippen LogP contribution in [0.25, 0.3) is 0 Å². The van der Waals surface area contributed by atoms with Crippen LogP contribution in [-0.2, 0) is 20.9 Å². The molecule has 0 saturated heterocycles. The van der Waals surface area contributed by atoms with E-state index in [-0.39, 0.29) is 23.8 Å². The van der Waals surface area contributed by atoms with Crippen LogP contribution in [0, 0.1) is 11.7 Å². The summed E-state index contributed by atoms with van der Waals surface area (Å²) in [6, 6.07) is 4.30. The second-order valence-electron chi connectivity index (χ2n) is 5.04. The van der Waals surface area contributed by atoms with E-state index in [1.54, 1.807) is 6.07 Å². The molecule has 0 heterocycles. The summed E-state index contributed by atoms with van der Waals surface area (Å²) < 4.78 is 23.5. The largest absolute Gasteiger partial charge is 0.469 e. The maximum atomic E-state index is 12.9. The highest BCUT2D eigenvalue weighted by atomic mass is 35.5. The summed E-state index contributed by atoms with van der Waals surface area (Å²) in [7, 11) is 1.42. The maximum absolute atomic E-state index is 12.9. The van der Waals surface area contributed by atoms with Crippen molar-refractivity contribution < 1.29 is 18.7 Å². The van der Waals surface area contributed by atoms with Gasteiger partial charge in [0.1, 0.15) is 5.82 Å². The Balaban J connectivity index is 1.80. The van der Waals surface area contributed by atoms with Gasteiger partial charge in [0, 0.05) is 5.02 Å². The summed E-state index contributed by atoms with van der Waals surface area (Å²) in [6.45, 7) is 0.368. The molecule has 1 fully saturated rings. The van der Waals surface area contributed by atoms with Crippen molar-refractivity contribution in [3.8, 4) is 0 Å². The first-order valence-electron chi connectivity index (χ1n) is 6.73. The second kappa shape index (κ2) is 7.04. The molecule has 5 heteroatoms. The molecule has 0 aromatic heterocycles. The third kappa shape index (κ3) is 3.93. The van der Waals surface area contributed by atoms with Gasteiger partial charge in [-0.2, -0.15) is 0 Å². The van der Waals surface area contributed by atoms with Crippen LogP contribution in [0.5, 0.6) is 0 Å². The number of carbonyl (C=O) groups excluding carboxylic acids is 1. The minimum absolute atomic E-state index is 0.00532. The van der Waals surface area contributed by atoms with E-state index < -0.39 is 0 Å². The Kier molecular flexibility index (Phi) is 5.38. The van der Waals surface area contributed by atoms with Crippen molar-refractivity contribution in [2.24, 2.45) is 5.92 Å².